The fourth-order valence-electron chi connectivity index (χ4n) is 1.92. The second-order valence-electron chi connectivity index (χ2n) is 5.22. The molecule has 0 aromatic heterocycles. The van der Waals surface area contributed by atoms with Crippen molar-refractivity contribution in [1.29, 1.82) is 0 Å². The second kappa shape index (κ2) is 5.98. The number of hydrogen-bond donors (Lipinski definition) is 0. The van der Waals surface area contributed by atoms with E-state index in [1.54, 1.807) is 0 Å². The van der Waals surface area contributed by atoms with E-state index in [1.165, 1.54) is 0 Å². The van der Waals surface area contributed by atoms with Crippen LogP contribution in [0.5, 0.6) is 0 Å². The third-order valence-electron chi connectivity index (χ3n) is 3.29. The van der Waals surface area contributed by atoms with Crippen molar-refractivity contribution in [3.05, 3.63) is 0 Å². The van der Waals surface area contributed by atoms with E-state index in [9.17, 15) is 13.0 Å². The highest BCUT2D eigenvalue weighted by Crippen LogP contribution is 2.18. The Morgan fingerprint density at radius 2 is 1.69 bits per heavy atom. The molecular weight excluding hydrogens is 226 g/mol. The molecule has 98 valence electrons. The zero-order chi connectivity index (χ0) is 13.0. The van der Waals surface area contributed by atoms with E-state index in [-0.39, 0.29) is 11.9 Å². The first-order chi connectivity index (χ1) is 7.13. The Morgan fingerprint density at radius 3 is 1.94 bits per heavy atom. The fraction of sp³-hybridized carbons (Fsp3) is 1.00. The molecule has 0 aromatic rings. The van der Waals surface area contributed by atoms with Crippen LogP contribution in [0.4, 0.5) is 0 Å². The molecule has 0 aliphatic carbocycles. The van der Waals surface area contributed by atoms with Gasteiger partial charge in [-0.05, 0) is 33.1 Å². The molecule has 1 atom stereocenters. The van der Waals surface area contributed by atoms with Gasteiger partial charge < -0.3 is 9.04 Å². The molecule has 0 aromatic carbocycles. The first-order valence-corrected chi connectivity index (χ1v) is 7.50. The summed E-state index contributed by atoms with van der Waals surface area (Å²) in [4.78, 5) is 0. The monoisotopic (exact) mass is 251 g/mol. The third kappa shape index (κ3) is 5.27. The Bertz CT molecular complexity index is 298. The summed E-state index contributed by atoms with van der Waals surface area (Å²) in [6.07, 6.45) is 0.946. The summed E-state index contributed by atoms with van der Waals surface area (Å²) < 4.78 is 33.3. The van der Waals surface area contributed by atoms with Crippen LogP contribution in [-0.2, 0) is 10.1 Å². The summed E-state index contributed by atoms with van der Waals surface area (Å²) in [7, 11) is -4.16. The highest BCUT2D eigenvalue weighted by Gasteiger charge is 2.31. The maximum absolute atomic E-state index is 11.0. The van der Waals surface area contributed by atoms with Crippen molar-refractivity contribution in [1.82, 2.24) is 0 Å². The van der Waals surface area contributed by atoms with Gasteiger partial charge in [-0.15, -0.1) is 0 Å². The van der Waals surface area contributed by atoms with E-state index in [2.05, 4.69) is 13.8 Å². The van der Waals surface area contributed by atoms with Crippen molar-refractivity contribution in [2.24, 2.45) is 5.92 Å². The zero-order valence-electron chi connectivity index (χ0n) is 11.1. The molecule has 0 aliphatic rings. The molecule has 0 fully saturated rings. The van der Waals surface area contributed by atoms with Crippen LogP contribution in [0.25, 0.3) is 0 Å². The first kappa shape index (κ1) is 15.9. The molecular formula is C11H25NO3S. The van der Waals surface area contributed by atoms with Gasteiger partial charge in [0.1, 0.15) is 10.1 Å². The van der Waals surface area contributed by atoms with E-state index >= 15 is 0 Å². The topological polar surface area (TPSA) is 57.2 Å². The minimum absolute atomic E-state index is 0.160. The summed E-state index contributed by atoms with van der Waals surface area (Å²) >= 11 is 0. The van der Waals surface area contributed by atoms with Crippen LogP contribution in [0.15, 0.2) is 0 Å². The van der Waals surface area contributed by atoms with Crippen molar-refractivity contribution in [2.45, 2.75) is 47.1 Å². The van der Waals surface area contributed by atoms with Gasteiger partial charge >= 0.3 is 0 Å². The lowest BCUT2D eigenvalue weighted by Crippen LogP contribution is -2.56. The summed E-state index contributed by atoms with van der Waals surface area (Å²) in [5, 5.41) is 0. The Hall–Kier alpha value is -0.130. The number of hydrogen-bond acceptors (Lipinski definition) is 3. The second-order valence-corrected chi connectivity index (χ2v) is 6.59. The van der Waals surface area contributed by atoms with Gasteiger partial charge in [-0.1, -0.05) is 13.8 Å². The predicted molar refractivity (Wildman–Crippen MR) is 64.8 cm³/mol. The van der Waals surface area contributed by atoms with Crippen molar-refractivity contribution in [2.75, 3.05) is 19.0 Å². The molecule has 16 heavy (non-hydrogen) atoms. The normalized spacial score (nSPS) is 16.8. The first-order valence-electron chi connectivity index (χ1n) is 5.92. The van der Waals surface area contributed by atoms with Crippen LogP contribution in [-0.4, -0.2) is 42.5 Å². The molecule has 0 saturated carbocycles. The predicted octanol–water partition coefficient (Wildman–Crippen LogP) is 1.78. The standard InChI is InChI=1S/C11H25NO3S/c1-6-12(11(4)5,8-7-10(2)3)9-16(13,14)15/h10-11H,6-9H2,1-5H3. The third-order valence-corrected chi connectivity index (χ3v) is 4.12. The smallest absolute Gasteiger partial charge is 0.169 e. The number of rotatable bonds is 7. The van der Waals surface area contributed by atoms with Crippen molar-refractivity contribution < 1.29 is 17.5 Å². The molecule has 1 unspecified atom stereocenters. The molecule has 5 heteroatoms. The fourth-order valence-corrected chi connectivity index (χ4v) is 3.16. The van der Waals surface area contributed by atoms with Crippen LogP contribution >= 0.6 is 0 Å². The van der Waals surface area contributed by atoms with Gasteiger partial charge in [0, 0.05) is 0 Å². The molecule has 0 saturated heterocycles. The summed E-state index contributed by atoms with van der Waals surface area (Å²) in [5.41, 5.74) is 0. The largest absolute Gasteiger partial charge is 0.744 e. The van der Waals surface area contributed by atoms with Crippen molar-refractivity contribution in [3.8, 4) is 0 Å². The van der Waals surface area contributed by atoms with Gasteiger partial charge in [-0.2, -0.15) is 0 Å². The molecule has 0 heterocycles. The zero-order valence-corrected chi connectivity index (χ0v) is 11.9. The lowest BCUT2D eigenvalue weighted by atomic mass is 10.1. The van der Waals surface area contributed by atoms with Gasteiger partial charge in [0.15, 0.2) is 5.88 Å². The van der Waals surface area contributed by atoms with Crippen LogP contribution in [0.3, 0.4) is 0 Å². The average Bonchev–Trinajstić information content (AvgIpc) is 2.09. The summed E-state index contributed by atoms with van der Waals surface area (Å²) in [6.45, 7) is 11.6. The highest BCUT2D eigenvalue weighted by molar-refractivity contribution is 7.85. The lowest BCUT2D eigenvalue weighted by Gasteiger charge is -2.42. The number of quaternary nitrogens is 1. The molecule has 0 spiro atoms. The van der Waals surface area contributed by atoms with E-state index in [4.69, 9.17) is 0 Å². The number of nitrogens with zero attached hydrogens (tertiary/aromatic N) is 1. The molecule has 0 aliphatic heterocycles. The maximum atomic E-state index is 11.0. The maximum Gasteiger partial charge on any atom is 0.169 e. The van der Waals surface area contributed by atoms with E-state index in [0.717, 1.165) is 13.0 Å². The van der Waals surface area contributed by atoms with Gasteiger partial charge in [-0.3, -0.25) is 0 Å². The molecule has 4 nitrogen and oxygen atoms in total. The summed E-state index contributed by atoms with van der Waals surface area (Å²) in [6, 6.07) is 0.160. The van der Waals surface area contributed by atoms with Crippen LogP contribution in [0.2, 0.25) is 0 Å². The average molecular weight is 251 g/mol. The molecule has 0 rings (SSSR count). The summed E-state index contributed by atoms with van der Waals surface area (Å²) in [5.74, 6) is 0.241. The Labute approximate surface area is 100.0 Å². The van der Waals surface area contributed by atoms with Crippen molar-refractivity contribution >= 4 is 10.1 Å². The molecule has 0 N–H and O–H groups in total. The van der Waals surface area contributed by atoms with Crippen LogP contribution in [0, 0.1) is 5.92 Å². The van der Waals surface area contributed by atoms with Crippen LogP contribution in [0.1, 0.15) is 41.0 Å². The van der Waals surface area contributed by atoms with Gasteiger partial charge in [0.05, 0.1) is 19.1 Å². The Balaban J connectivity index is 4.86. The van der Waals surface area contributed by atoms with Gasteiger partial charge in [0.25, 0.3) is 0 Å². The van der Waals surface area contributed by atoms with E-state index < -0.39 is 10.1 Å². The molecule has 0 bridgehead atoms. The quantitative estimate of drug-likeness (QED) is 0.512. The highest BCUT2D eigenvalue weighted by atomic mass is 32.2. The van der Waals surface area contributed by atoms with Gasteiger partial charge in [0.2, 0.25) is 0 Å². The van der Waals surface area contributed by atoms with Gasteiger partial charge in [-0.25, -0.2) is 8.42 Å². The van der Waals surface area contributed by atoms with Crippen LogP contribution < -0.4 is 0 Å². The van der Waals surface area contributed by atoms with E-state index in [0.29, 0.717) is 16.9 Å². The molecule has 0 radical (unpaired) electrons. The lowest BCUT2D eigenvalue weighted by molar-refractivity contribution is -0.936. The minimum Gasteiger partial charge on any atom is -0.744 e. The molecule has 0 amide bonds. The Morgan fingerprint density at radius 1 is 1.19 bits per heavy atom. The van der Waals surface area contributed by atoms with Crippen molar-refractivity contribution in [3.63, 3.8) is 0 Å². The SMILES string of the molecule is CC[N+](CCC(C)C)(CS(=O)(=O)[O-])C(C)C. The van der Waals surface area contributed by atoms with E-state index in [1.807, 2.05) is 20.8 Å². The Kier molecular flexibility index (Phi) is 5.93. The minimum atomic E-state index is -4.16.